The van der Waals surface area contributed by atoms with Gasteiger partial charge in [0.1, 0.15) is 17.1 Å². The van der Waals surface area contributed by atoms with Crippen molar-refractivity contribution < 1.29 is 9.50 Å². The van der Waals surface area contributed by atoms with Gasteiger partial charge in [0.2, 0.25) is 5.95 Å². The maximum absolute atomic E-state index is 13.4. The van der Waals surface area contributed by atoms with Crippen LogP contribution in [-0.2, 0) is 0 Å². The third kappa shape index (κ3) is 3.04. The smallest absolute Gasteiger partial charge is 0.223 e. The first-order chi connectivity index (χ1) is 12.7. The Morgan fingerprint density at radius 1 is 0.846 bits per heavy atom. The van der Waals surface area contributed by atoms with Crippen LogP contribution in [-0.4, -0.2) is 20.1 Å². The van der Waals surface area contributed by atoms with Crippen molar-refractivity contribution in [3.05, 3.63) is 90.1 Å². The zero-order valence-electron chi connectivity index (χ0n) is 13.7. The summed E-state index contributed by atoms with van der Waals surface area (Å²) < 4.78 is 13.4. The minimum Gasteiger partial charge on any atom is -0.505 e. The number of aromatic nitrogens is 3. The van der Waals surface area contributed by atoms with Crippen molar-refractivity contribution in [2.45, 2.75) is 6.04 Å². The second-order valence-electron chi connectivity index (χ2n) is 5.78. The molecule has 0 aliphatic carbocycles. The Balaban J connectivity index is 1.84. The molecule has 6 heteroatoms. The number of benzene rings is 2. The van der Waals surface area contributed by atoms with Crippen LogP contribution in [0.2, 0.25) is 0 Å². The lowest BCUT2D eigenvalue weighted by atomic mass is 9.96. The van der Waals surface area contributed by atoms with Crippen molar-refractivity contribution >= 4 is 16.9 Å². The molecule has 0 amide bonds. The summed E-state index contributed by atoms with van der Waals surface area (Å²) in [4.78, 5) is 12.6. The first-order valence-electron chi connectivity index (χ1n) is 8.08. The van der Waals surface area contributed by atoms with Crippen molar-refractivity contribution in [1.82, 2.24) is 15.0 Å². The lowest BCUT2D eigenvalue weighted by molar-refractivity contribution is 0.471. The van der Waals surface area contributed by atoms with Crippen molar-refractivity contribution in [2.75, 3.05) is 5.32 Å². The van der Waals surface area contributed by atoms with Crippen molar-refractivity contribution in [2.24, 2.45) is 0 Å². The topological polar surface area (TPSA) is 70.9 Å². The van der Waals surface area contributed by atoms with Gasteiger partial charge in [-0.05, 0) is 29.8 Å². The van der Waals surface area contributed by atoms with E-state index in [0.717, 1.165) is 10.9 Å². The van der Waals surface area contributed by atoms with Crippen molar-refractivity contribution in [1.29, 1.82) is 0 Å². The fraction of sp³-hybridized carbons (Fsp3) is 0.0500. The van der Waals surface area contributed by atoms with Gasteiger partial charge in [0, 0.05) is 29.5 Å². The molecular weight excluding hydrogens is 331 g/mol. The van der Waals surface area contributed by atoms with Gasteiger partial charge >= 0.3 is 0 Å². The lowest BCUT2D eigenvalue weighted by Crippen LogP contribution is -2.14. The first kappa shape index (κ1) is 16.0. The largest absolute Gasteiger partial charge is 0.505 e. The van der Waals surface area contributed by atoms with Gasteiger partial charge in [0.05, 0.1) is 6.04 Å². The van der Waals surface area contributed by atoms with Gasteiger partial charge in [-0.1, -0.05) is 30.3 Å². The molecule has 2 aromatic heterocycles. The summed E-state index contributed by atoms with van der Waals surface area (Å²) in [5, 5.41) is 14.8. The van der Waals surface area contributed by atoms with Crippen LogP contribution >= 0.6 is 0 Å². The minimum absolute atomic E-state index is 0.0702. The summed E-state index contributed by atoms with van der Waals surface area (Å²) in [5.74, 6) is 0.149. The van der Waals surface area contributed by atoms with E-state index in [1.165, 1.54) is 12.1 Å². The average Bonchev–Trinajstić information content (AvgIpc) is 2.69. The average molecular weight is 346 g/mol. The molecule has 1 atom stereocenters. The molecule has 0 saturated carbocycles. The highest BCUT2D eigenvalue weighted by Gasteiger charge is 2.20. The van der Waals surface area contributed by atoms with Crippen molar-refractivity contribution in [3.8, 4) is 5.75 Å². The number of fused-ring (bicyclic) bond motifs is 1. The molecule has 0 spiro atoms. The van der Waals surface area contributed by atoms with Crippen LogP contribution in [0.25, 0.3) is 10.9 Å². The molecule has 128 valence electrons. The van der Waals surface area contributed by atoms with Gasteiger partial charge in [0.25, 0.3) is 0 Å². The van der Waals surface area contributed by atoms with E-state index in [2.05, 4.69) is 20.3 Å². The zero-order valence-corrected chi connectivity index (χ0v) is 13.7. The highest BCUT2D eigenvalue weighted by atomic mass is 19.1. The third-order valence-electron chi connectivity index (χ3n) is 4.13. The van der Waals surface area contributed by atoms with Crippen LogP contribution in [0.4, 0.5) is 10.3 Å². The molecule has 2 N–H and O–H groups in total. The summed E-state index contributed by atoms with van der Waals surface area (Å²) in [5.41, 5.74) is 1.88. The Bertz CT molecular complexity index is 1040. The predicted octanol–water partition coefficient (Wildman–Crippen LogP) is 4.07. The van der Waals surface area contributed by atoms with E-state index in [4.69, 9.17) is 0 Å². The minimum atomic E-state index is -0.468. The van der Waals surface area contributed by atoms with E-state index in [0.29, 0.717) is 17.0 Å². The van der Waals surface area contributed by atoms with Gasteiger partial charge in [-0.3, -0.25) is 4.98 Å². The Morgan fingerprint density at radius 2 is 1.58 bits per heavy atom. The number of phenolic OH excluding ortho intramolecular Hbond substituents is 1. The summed E-state index contributed by atoms with van der Waals surface area (Å²) in [7, 11) is 0. The fourth-order valence-corrected chi connectivity index (χ4v) is 2.88. The molecule has 5 nitrogen and oxygen atoms in total. The Kier molecular flexibility index (Phi) is 4.15. The maximum atomic E-state index is 13.4. The van der Waals surface area contributed by atoms with E-state index >= 15 is 0 Å². The van der Waals surface area contributed by atoms with Crippen LogP contribution in [0, 0.1) is 5.82 Å². The molecule has 2 aromatic carbocycles. The highest BCUT2D eigenvalue weighted by Crippen LogP contribution is 2.35. The van der Waals surface area contributed by atoms with Gasteiger partial charge in [-0.25, -0.2) is 14.4 Å². The number of phenols is 1. The number of nitrogens with zero attached hydrogens (tertiary/aromatic N) is 3. The second-order valence-corrected chi connectivity index (χ2v) is 5.78. The number of anilines is 1. The molecule has 4 aromatic rings. The molecule has 2 heterocycles. The summed E-state index contributed by atoms with van der Waals surface area (Å²) in [6, 6.07) is 14.8. The molecule has 0 bridgehead atoms. The van der Waals surface area contributed by atoms with Crippen LogP contribution in [0.3, 0.4) is 0 Å². The van der Waals surface area contributed by atoms with E-state index in [9.17, 15) is 9.50 Å². The standard InChI is InChI=1S/C20H15FN4O/c21-15-7-4-14(5-8-15)17(25-20-23-11-2-12-24-20)16-9-6-13-3-1-10-22-18(13)19(16)26/h1-12,17,26H,(H,23,24,25)/t17-/m1/s1. The summed E-state index contributed by atoms with van der Waals surface area (Å²) in [6.07, 6.45) is 4.88. The fourth-order valence-electron chi connectivity index (χ4n) is 2.88. The van der Waals surface area contributed by atoms with Crippen LogP contribution in [0.15, 0.2) is 73.2 Å². The van der Waals surface area contributed by atoms with E-state index in [-0.39, 0.29) is 11.6 Å². The number of halogens is 1. The normalized spacial score (nSPS) is 12.0. The molecule has 0 aliphatic rings. The van der Waals surface area contributed by atoms with E-state index < -0.39 is 6.04 Å². The third-order valence-corrected chi connectivity index (χ3v) is 4.13. The molecule has 0 aliphatic heterocycles. The Hall–Kier alpha value is -3.54. The summed E-state index contributed by atoms with van der Waals surface area (Å²) >= 11 is 0. The highest BCUT2D eigenvalue weighted by molar-refractivity contribution is 5.85. The number of hydrogen-bond acceptors (Lipinski definition) is 5. The van der Waals surface area contributed by atoms with Gasteiger partial charge in [-0.2, -0.15) is 0 Å². The number of aromatic hydroxyl groups is 1. The maximum Gasteiger partial charge on any atom is 0.223 e. The Morgan fingerprint density at radius 3 is 2.35 bits per heavy atom. The van der Waals surface area contributed by atoms with Gasteiger partial charge in [0.15, 0.2) is 0 Å². The lowest BCUT2D eigenvalue weighted by Gasteiger charge is -2.21. The monoisotopic (exact) mass is 346 g/mol. The first-order valence-corrected chi connectivity index (χ1v) is 8.08. The van der Waals surface area contributed by atoms with Gasteiger partial charge in [-0.15, -0.1) is 0 Å². The van der Waals surface area contributed by atoms with Crippen LogP contribution in [0.5, 0.6) is 5.75 Å². The number of pyridine rings is 1. The van der Waals surface area contributed by atoms with Crippen LogP contribution < -0.4 is 5.32 Å². The zero-order chi connectivity index (χ0) is 17.9. The number of nitrogens with one attached hydrogen (secondary N) is 1. The molecule has 26 heavy (non-hydrogen) atoms. The summed E-state index contributed by atoms with van der Waals surface area (Å²) in [6.45, 7) is 0. The number of rotatable bonds is 4. The molecule has 0 saturated heterocycles. The van der Waals surface area contributed by atoms with Crippen LogP contribution in [0.1, 0.15) is 17.2 Å². The number of hydrogen-bond donors (Lipinski definition) is 2. The molecule has 4 rings (SSSR count). The molecule has 0 radical (unpaired) electrons. The second kappa shape index (κ2) is 6.76. The molecule has 0 fully saturated rings. The van der Waals surface area contributed by atoms with Gasteiger partial charge < -0.3 is 10.4 Å². The Labute approximate surface area is 149 Å². The quantitative estimate of drug-likeness (QED) is 0.583. The van der Waals surface area contributed by atoms with E-state index in [1.54, 1.807) is 36.8 Å². The SMILES string of the molecule is Oc1c([C@H](Nc2ncccn2)c2ccc(F)cc2)ccc2cccnc12. The van der Waals surface area contributed by atoms with E-state index in [1.807, 2.05) is 24.3 Å². The molecular formula is C20H15FN4O. The molecule has 0 unspecified atom stereocenters. The predicted molar refractivity (Wildman–Crippen MR) is 97.3 cm³/mol. The van der Waals surface area contributed by atoms with Crippen molar-refractivity contribution in [3.63, 3.8) is 0 Å².